The van der Waals surface area contributed by atoms with Gasteiger partial charge in [-0.05, 0) is 46.2 Å². The lowest BCUT2D eigenvalue weighted by Gasteiger charge is -2.20. The topological polar surface area (TPSA) is 151 Å². The van der Waals surface area contributed by atoms with Gasteiger partial charge >= 0.3 is 6.09 Å². The van der Waals surface area contributed by atoms with Crippen molar-refractivity contribution in [2.45, 2.75) is 52.7 Å². The number of amides is 3. The fourth-order valence-electron chi connectivity index (χ4n) is 3.35. The number of carbonyl (C=O) groups is 3. The minimum absolute atomic E-state index is 0.0527. The van der Waals surface area contributed by atoms with E-state index in [0.717, 1.165) is 5.56 Å². The van der Waals surface area contributed by atoms with Crippen LogP contribution in [0, 0.1) is 11.3 Å². The maximum Gasteiger partial charge on any atom is 0.413 e. The Hall–Kier alpha value is -4.72. The molecule has 11 heteroatoms. The lowest BCUT2D eigenvalue weighted by molar-refractivity contribution is -0.115. The van der Waals surface area contributed by atoms with Crippen LogP contribution in [0.4, 0.5) is 22.0 Å². The van der Waals surface area contributed by atoms with E-state index < -0.39 is 17.6 Å². The molecule has 0 spiro atoms. The molecule has 0 unspecified atom stereocenters. The zero-order valence-electron chi connectivity index (χ0n) is 21.3. The Morgan fingerprint density at radius 2 is 1.70 bits per heavy atom. The van der Waals surface area contributed by atoms with Gasteiger partial charge in [0.05, 0.1) is 30.2 Å². The number of ether oxygens (including phenoxy) is 1. The highest BCUT2D eigenvalue weighted by Gasteiger charge is 2.27. The maximum absolute atomic E-state index is 13.1. The lowest BCUT2D eigenvalue weighted by atomic mass is 10.1. The number of hydrogen-bond donors (Lipinski definition) is 3. The molecule has 3 amide bonds. The van der Waals surface area contributed by atoms with Crippen molar-refractivity contribution in [2.75, 3.05) is 16.0 Å². The molecular formula is C26H29N7O4. The Labute approximate surface area is 214 Å². The second kappa shape index (κ2) is 11.3. The van der Waals surface area contributed by atoms with Gasteiger partial charge in [-0.3, -0.25) is 19.9 Å². The number of anilines is 3. The quantitative estimate of drug-likeness (QED) is 0.429. The van der Waals surface area contributed by atoms with Crippen molar-refractivity contribution >= 4 is 35.1 Å². The summed E-state index contributed by atoms with van der Waals surface area (Å²) in [4.78, 5) is 41.9. The highest BCUT2D eigenvalue weighted by Crippen LogP contribution is 2.25. The summed E-state index contributed by atoms with van der Waals surface area (Å²) in [5.74, 6) is -0.869. The van der Waals surface area contributed by atoms with Crippen LogP contribution in [0.2, 0.25) is 0 Å². The molecule has 0 saturated carbocycles. The van der Waals surface area contributed by atoms with Crippen molar-refractivity contribution in [3.8, 4) is 6.07 Å². The van der Waals surface area contributed by atoms with Crippen LogP contribution in [0.5, 0.6) is 0 Å². The summed E-state index contributed by atoms with van der Waals surface area (Å²) in [6.45, 7) is 8.72. The predicted octanol–water partition coefficient (Wildman–Crippen LogP) is 4.51. The molecule has 0 saturated heterocycles. The highest BCUT2D eigenvalue weighted by molar-refractivity contribution is 6.06. The van der Waals surface area contributed by atoms with Crippen molar-refractivity contribution < 1.29 is 19.1 Å². The van der Waals surface area contributed by atoms with Crippen LogP contribution in [0.1, 0.15) is 62.3 Å². The summed E-state index contributed by atoms with van der Waals surface area (Å²) in [7, 11) is 0. The van der Waals surface area contributed by atoms with E-state index in [1.807, 2.05) is 36.4 Å². The number of rotatable bonds is 7. The van der Waals surface area contributed by atoms with E-state index in [4.69, 9.17) is 4.74 Å². The molecule has 0 aliphatic heterocycles. The van der Waals surface area contributed by atoms with E-state index in [9.17, 15) is 19.6 Å². The van der Waals surface area contributed by atoms with Gasteiger partial charge in [-0.1, -0.05) is 30.3 Å². The molecule has 0 aliphatic rings. The SMILES string of the molecule is CC(C)n1nc(C(=O)Nc2cncc(NC(=O)Cc3ccccc3)c2)c(C#N)c1NC(=O)OC(C)(C)C. The first-order valence-corrected chi connectivity index (χ1v) is 11.6. The monoisotopic (exact) mass is 503 g/mol. The standard InChI is InChI=1S/C26H29N7O4/c1-16(2)33-23(31-25(36)37-26(3,4)5)20(13-27)22(32-33)24(35)30-19-12-18(14-28-15-19)29-21(34)11-17-9-7-6-8-10-17/h6-10,12,14-16H,11H2,1-5H3,(H,29,34)(H,30,35)(H,31,36). The third-order valence-electron chi connectivity index (χ3n) is 4.83. The van der Waals surface area contributed by atoms with E-state index in [2.05, 4.69) is 26.0 Å². The number of pyridine rings is 1. The number of benzene rings is 1. The Morgan fingerprint density at radius 3 is 2.30 bits per heavy atom. The number of carbonyl (C=O) groups excluding carboxylic acids is 3. The van der Waals surface area contributed by atoms with Gasteiger partial charge < -0.3 is 15.4 Å². The number of nitriles is 1. The molecule has 0 radical (unpaired) electrons. The minimum atomic E-state index is -0.777. The van der Waals surface area contributed by atoms with Crippen molar-refractivity contribution in [1.82, 2.24) is 14.8 Å². The van der Waals surface area contributed by atoms with Crippen LogP contribution in [0.3, 0.4) is 0 Å². The van der Waals surface area contributed by atoms with Crippen LogP contribution in [0.15, 0.2) is 48.8 Å². The molecule has 2 heterocycles. The molecule has 1 aromatic carbocycles. The summed E-state index contributed by atoms with van der Waals surface area (Å²) in [5, 5.41) is 22.0. The minimum Gasteiger partial charge on any atom is -0.444 e. The van der Waals surface area contributed by atoms with Gasteiger partial charge in [-0.2, -0.15) is 10.4 Å². The van der Waals surface area contributed by atoms with Gasteiger partial charge in [0.25, 0.3) is 5.91 Å². The zero-order valence-corrected chi connectivity index (χ0v) is 21.3. The first-order valence-electron chi connectivity index (χ1n) is 11.6. The van der Waals surface area contributed by atoms with Gasteiger partial charge in [-0.25, -0.2) is 9.48 Å². The molecule has 3 N–H and O–H groups in total. The second-order valence-electron chi connectivity index (χ2n) is 9.48. The summed E-state index contributed by atoms with van der Waals surface area (Å²) < 4.78 is 6.65. The first kappa shape index (κ1) is 26.9. The van der Waals surface area contributed by atoms with Crippen LogP contribution in [-0.4, -0.2) is 38.3 Å². The number of nitrogens with one attached hydrogen (secondary N) is 3. The molecule has 11 nitrogen and oxygen atoms in total. The Morgan fingerprint density at radius 1 is 1.05 bits per heavy atom. The average Bonchev–Trinajstić information content (AvgIpc) is 3.17. The zero-order chi connectivity index (χ0) is 27.2. The molecule has 0 bridgehead atoms. The Kier molecular flexibility index (Phi) is 8.24. The van der Waals surface area contributed by atoms with Gasteiger partial charge in [0, 0.05) is 6.04 Å². The summed E-state index contributed by atoms with van der Waals surface area (Å²) in [5.41, 5.74) is 0.483. The van der Waals surface area contributed by atoms with Gasteiger partial charge in [0.15, 0.2) is 11.5 Å². The van der Waals surface area contributed by atoms with Gasteiger partial charge in [0.1, 0.15) is 17.2 Å². The molecule has 3 rings (SSSR count). The molecule has 37 heavy (non-hydrogen) atoms. The Bertz CT molecular complexity index is 1340. The third-order valence-corrected chi connectivity index (χ3v) is 4.83. The van der Waals surface area contributed by atoms with E-state index >= 15 is 0 Å². The summed E-state index contributed by atoms with van der Waals surface area (Å²) >= 11 is 0. The van der Waals surface area contributed by atoms with Crippen LogP contribution in [-0.2, 0) is 16.0 Å². The highest BCUT2D eigenvalue weighted by atomic mass is 16.6. The van der Waals surface area contributed by atoms with Crippen molar-refractivity contribution in [3.05, 3.63) is 65.6 Å². The maximum atomic E-state index is 13.1. The first-order chi connectivity index (χ1) is 17.5. The molecule has 0 aliphatic carbocycles. The van der Waals surface area contributed by atoms with Crippen LogP contribution < -0.4 is 16.0 Å². The van der Waals surface area contributed by atoms with Crippen LogP contribution in [0.25, 0.3) is 0 Å². The normalized spacial score (nSPS) is 10.9. The van der Waals surface area contributed by atoms with E-state index in [-0.39, 0.29) is 41.1 Å². The van der Waals surface area contributed by atoms with Gasteiger partial charge in [-0.15, -0.1) is 0 Å². The summed E-state index contributed by atoms with van der Waals surface area (Å²) in [6.07, 6.45) is 2.26. The van der Waals surface area contributed by atoms with E-state index in [1.54, 1.807) is 40.7 Å². The number of hydrogen-bond acceptors (Lipinski definition) is 7. The predicted molar refractivity (Wildman–Crippen MR) is 138 cm³/mol. The number of nitrogens with zero attached hydrogens (tertiary/aromatic N) is 4. The molecule has 192 valence electrons. The number of aromatic nitrogens is 3. The molecule has 3 aromatic rings. The Balaban J connectivity index is 1.78. The second-order valence-corrected chi connectivity index (χ2v) is 9.48. The fraction of sp³-hybridized carbons (Fsp3) is 0.308. The van der Waals surface area contributed by atoms with Crippen LogP contribution >= 0.6 is 0 Å². The van der Waals surface area contributed by atoms with Crippen molar-refractivity contribution in [1.29, 1.82) is 5.26 Å². The lowest BCUT2D eigenvalue weighted by Crippen LogP contribution is -2.28. The smallest absolute Gasteiger partial charge is 0.413 e. The molecule has 0 fully saturated rings. The fourth-order valence-corrected chi connectivity index (χ4v) is 3.35. The van der Waals surface area contributed by atoms with E-state index in [1.165, 1.54) is 17.1 Å². The molecular weight excluding hydrogens is 474 g/mol. The average molecular weight is 504 g/mol. The van der Waals surface area contributed by atoms with Crippen molar-refractivity contribution in [2.24, 2.45) is 0 Å². The molecule has 2 aromatic heterocycles. The van der Waals surface area contributed by atoms with Gasteiger partial charge in [0.2, 0.25) is 5.91 Å². The summed E-state index contributed by atoms with van der Waals surface area (Å²) in [6, 6.07) is 12.5. The van der Waals surface area contributed by atoms with E-state index in [0.29, 0.717) is 5.69 Å². The third kappa shape index (κ3) is 7.38. The largest absolute Gasteiger partial charge is 0.444 e. The molecule has 0 atom stereocenters. The van der Waals surface area contributed by atoms with Crippen molar-refractivity contribution in [3.63, 3.8) is 0 Å².